The maximum atomic E-state index is 6.36. The number of fused-ring (bicyclic) bond motifs is 11. The van der Waals surface area contributed by atoms with Crippen molar-refractivity contribution in [3.63, 3.8) is 0 Å². The van der Waals surface area contributed by atoms with Gasteiger partial charge in [-0.15, -0.1) is 0 Å². The third-order valence-corrected chi connectivity index (χ3v) is 7.21. The van der Waals surface area contributed by atoms with Gasteiger partial charge in [0.2, 0.25) is 0 Å². The molecule has 0 spiro atoms. The summed E-state index contributed by atoms with van der Waals surface area (Å²) in [5.74, 6) is 0.841. The normalized spacial score (nSPS) is 11.9. The van der Waals surface area contributed by atoms with Crippen molar-refractivity contribution in [2.45, 2.75) is 0 Å². The van der Waals surface area contributed by atoms with Crippen molar-refractivity contribution in [3.8, 4) is 56.0 Å². The van der Waals surface area contributed by atoms with Crippen LogP contribution in [-0.4, -0.2) is 4.98 Å². The third kappa shape index (κ3) is 2.65. The van der Waals surface area contributed by atoms with Gasteiger partial charge in [-0.25, -0.2) is 0 Å². The summed E-state index contributed by atoms with van der Waals surface area (Å²) in [6, 6.07) is 35.9. The van der Waals surface area contributed by atoms with Crippen molar-refractivity contribution in [1.29, 1.82) is 0 Å². The maximum Gasteiger partial charge on any atom is 0.143 e. The molecular formula is C33H19NO2. The van der Waals surface area contributed by atoms with E-state index in [4.69, 9.17) is 13.8 Å². The Morgan fingerprint density at radius 1 is 0.528 bits per heavy atom. The molecule has 0 aliphatic heterocycles. The van der Waals surface area contributed by atoms with Crippen LogP contribution in [-0.2, 0) is 0 Å². The Balaban J connectivity index is 1.44. The van der Waals surface area contributed by atoms with Gasteiger partial charge in [-0.2, -0.15) is 0 Å². The monoisotopic (exact) mass is 461 g/mol. The van der Waals surface area contributed by atoms with Gasteiger partial charge >= 0.3 is 0 Å². The molecule has 7 aromatic rings. The highest BCUT2D eigenvalue weighted by Gasteiger charge is 2.25. The Labute approximate surface area is 207 Å². The quantitative estimate of drug-likeness (QED) is 0.244. The molecule has 168 valence electrons. The first kappa shape index (κ1) is 19.4. The van der Waals surface area contributed by atoms with Gasteiger partial charge in [0.15, 0.2) is 0 Å². The second-order valence-corrected chi connectivity index (χ2v) is 9.15. The molecule has 0 bridgehead atoms. The SMILES string of the molecule is c1ccc2c(c1)-c1cc(-c3cccc4c3oc3ccccc34)ccc1-c1occc1-c1ncccc1-2. The van der Waals surface area contributed by atoms with E-state index in [9.17, 15) is 0 Å². The van der Waals surface area contributed by atoms with Crippen molar-refractivity contribution < 1.29 is 8.83 Å². The van der Waals surface area contributed by atoms with Crippen molar-refractivity contribution in [2.24, 2.45) is 0 Å². The molecule has 3 heterocycles. The molecule has 0 atom stereocenters. The molecule has 1 aliphatic carbocycles. The first-order valence-corrected chi connectivity index (χ1v) is 12.0. The first-order valence-electron chi connectivity index (χ1n) is 12.0. The fourth-order valence-electron chi connectivity index (χ4n) is 5.60. The molecule has 0 saturated heterocycles. The molecule has 1 aliphatic rings. The number of hydrogen-bond donors (Lipinski definition) is 0. The van der Waals surface area contributed by atoms with Gasteiger partial charge in [-0.1, -0.05) is 72.8 Å². The highest BCUT2D eigenvalue weighted by molar-refractivity contribution is 6.10. The lowest BCUT2D eigenvalue weighted by Crippen LogP contribution is -1.97. The molecular weight excluding hydrogens is 442 g/mol. The summed E-state index contributed by atoms with van der Waals surface area (Å²) in [4.78, 5) is 4.75. The summed E-state index contributed by atoms with van der Waals surface area (Å²) in [6.07, 6.45) is 3.60. The van der Waals surface area contributed by atoms with E-state index in [2.05, 4.69) is 78.9 Å². The summed E-state index contributed by atoms with van der Waals surface area (Å²) in [7, 11) is 0. The predicted octanol–water partition coefficient (Wildman–Crippen LogP) is 9.22. The summed E-state index contributed by atoms with van der Waals surface area (Å²) >= 11 is 0. The van der Waals surface area contributed by atoms with Gasteiger partial charge in [0.05, 0.1) is 12.0 Å². The lowest BCUT2D eigenvalue weighted by Gasteiger charge is -2.20. The molecule has 0 amide bonds. The minimum atomic E-state index is 0.841. The number of pyridine rings is 1. The first-order chi connectivity index (χ1) is 17.9. The number of hydrogen-bond acceptors (Lipinski definition) is 3. The van der Waals surface area contributed by atoms with E-state index in [1.165, 1.54) is 0 Å². The van der Waals surface area contributed by atoms with E-state index in [0.717, 1.165) is 77.9 Å². The van der Waals surface area contributed by atoms with Crippen LogP contribution in [0.25, 0.3) is 77.9 Å². The van der Waals surface area contributed by atoms with Crippen LogP contribution >= 0.6 is 0 Å². The smallest absolute Gasteiger partial charge is 0.143 e. The van der Waals surface area contributed by atoms with Crippen molar-refractivity contribution in [3.05, 3.63) is 116 Å². The Morgan fingerprint density at radius 2 is 1.31 bits per heavy atom. The van der Waals surface area contributed by atoms with E-state index >= 15 is 0 Å². The van der Waals surface area contributed by atoms with Crippen molar-refractivity contribution in [2.75, 3.05) is 0 Å². The Hall–Kier alpha value is -4.89. The molecule has 3 nitrogen and oxygen atoms in total. The second-order valence-electron chi connectivity index (χ2n) is 9.15. The van der Waals surface area contributed by atoms with Crippen molar-refractivity contribution >= 4 is 21.9 Å². The van der Waals surface area contributed by atoms with Crippen LogP contribution in [0.1, 0.15) is 0 Å². The Kier molecular flexibility index (Phi) is 3.94. The van der Waals surface area contributed by atoms with Gasteiger partial charge in [-0.3, -0.25) is 4.98 Å². The molecule has 3 aromatic heterocycles. The van der Waals surface area contributed by atoms with E-state index < -0.39 is 0 Å². The summed E-state index contributed by atoms with van der Waals surface area (Å²) in [5, 5.41) is 2.26. The van der Waals surface area contributed by atoms with Gasteiger partial charge in [0.25, 0.3) is 0 Å². The predicted molar refractivity (Wildman–Crippen MR) is 145 cm³/mol. The Morgan fingerprint density at radius 3 is 2.25 bits per heavy atom. The molecule has 0 fully saturated rings. The number of benzene rings is 4. The molecule has 8 rings (SSSR count). The number of para-hydroxylation sites is 2. The van der Waals surface area contributed by atoms with Gasteiger partial charge in [0.1, 0.15) is 16.9 Å². The topological polar surface area (TPSA) is 39.2 Å². The van der Waals surface area contributed by atoms with Crippen LogP contribution < -0.4 is 0 Å². The zero-order valence-corrected chi connectivity index (χ0v) is 19.2. The van der Waals surface area contributed by atoms with Crippen LogP contribution in [0, 0.1) is 0 Å². The van der Waals surface area contributed by atoms with E-state index in [1.807, 2.05) is 30.5 Å². The van der Waals surface area contributed by atoms with Crippen LogP contribution in [0.2, 0.25) is 0 Å². The van der Waals surface area contributed by atoms with E-state index in [0.29, 0.717) is 0 Å². The fourth-order valence-corrected chi connectivity index (χ4v) is 5.60. The standard InChI is InChI=1S/C33H19NO2/c1-2-8-23-22(7-1)25-12-6-17-34-31(25)28-16-18-35-32(28)27-15-14-20(19-29(23)27)21-10-5-11-26-24-9-3-4-13-30(24)36-33(21)26/h1-19H. The Bertz CT molecular complexity index is 1960. The zero-order valence-electron chi connectivity index (χ0n) is 19.2. The summed E-state index contributed by atoms with van der Waals surface area (Å²) in [6.45, 7) is 0. The molecule has 0 saturated carbocycles. The number of aromatic nitrogens is 1. The largest absolute Gasteiger partial charge is 0.464 e. The molecule has 0 unspecified atom stereocenters. The van der Waals surface area contributed by atoms with E-state index in [1.54, 1.807) is 6.26 Å². The van der Waals surface area contributed by atoms with Crippen LogP contribution in [0.3, 0.4) is 0 Å². The molecule has 0 N–H and O–H groups in total. The summed E-state index contributed by atoms with van der Waals surface area (Å²) < 4.78 is 12.4. The average Bonchev–Trinajstić information content (AvgIpc) is 3.57. The van der Waals surface area contributed by atoms with Gasteiger partial charge in [-0.05, 0) is 52.6 Å². The number of furan rings is 2. The lowest BCUT2D eigenvalue weighted by molar-refractivity contribution is 0.583. The minimum absolute atomic E-state index is 0.841. The molecule has 4 aromatic carbocycles. The number of rotatable bonds is 1. The van der Waals surface area contributed by atoms with Crippen LogP contribution in [0.5, 0.6) is 0 Å². The van der Waals surface area contributed by atoms with Gasteiger partial charge < -0.3 is 8.83 Å². The van der Waals surface area contributed by atoms with Crippen LogP contribution in [0.15, 0.2) is 124 Å². The minimum Gasteiger partial charge on any atom is -0.464 e. The molecule has 0 radical (unpaired) electrons. The average molecular weight is 462 g/mol. The summed E-state index contributed by atoms with van der Waals surface area (Å²) in [5.41, 5.74) is 11.5. The van der Waals surface area contributed by atoms with Crippen molar-refractivity contribution in [1.82, 2.24) is 4.98 Å². The molecule has 3 heteroatoms. The highest BCUT2D eigenvalue weighted by Crippen LogP contribution is 2.48. The van der Waals surface area contributed by atoms with Crippen LogP contribution in [0.4, 0.5) is 0 Å². The van der Waals surface area contributed by atoms with E-state index in [-0.39, 0.29) is 0 Å². The maximum absolute atomic E-state index is 6.36. The molecule has 36 heavy (non-hydrogen) atoms. The third-order valence-electron chi connectivity index (χ3n) is 7.21. The number of nitrogens with zero attached hydrogens (tertiary/aromatic N) is 1. The second kappa shape index (κ2) is 7.30. The fraction of sp³-hybridized carbons (Fsp3) is 0. The lowest BCUT2D eigenvalue weighted by atomic mass is 9.84. The van der Waals surface area contributed by atoms with Gasteiger partial charge in [0, 0.05) is 39.2 Å². The highest BCUT2D eigenvalue weighted by atomic mass is 16.3. The zero-order chi connectivity index (χ0) is 23.6.